The molecule has 0 unspecified atom stereocenters. The van der Waals surface area contributed by atoms with Gasteiger partial charge in [-0.15, -0.1) is 0 Å². The third-order valence-electron chi connectivity index (χ3n) is 1.80. The normalized spacial score (nSPS) is 10.2. The molecule has 0 radical (unpaired) electrons. The summed E-state index contributed by atoms with van der Waals surface area (Å²) in [5.41, 5.74) is 7.32. The molecule has 2 N–H and O–H groups in total. The summed E-state index contributed by atoms with van der Waals surface area (Å²) >= 11 is 0. The van der Waals surface area contributed by atoms with Crippen LogP contribution in [0, 0.1) is 6.92 Å². The number of hydrogen-bond donors (Lipinski definition) is 1. The second-order valence-corrected chi connectivity index (χ2v) is 3.12. The van der Waals surface area contributed by atoms with Crippen LogP contribution >= 0.6 is 0 Å². The molecule has 0 amide bonds. The van der Waals surface area contributed by atoms with Crippen molar-refractivity contribution in [3.63, 3.8) is 0 Å². The molecule has 0 aliphatic heterocycles. The maximum absolute atomic E-state index is 9.82. The Hall–Kier alpha value is -1.88. The number of nitrogens with two attached hydrogens (primary N) is 1. The predicted molar refractivity (Wildman–Crippen MR) is 66.6 cm³/mol. The van der Waals surface area contributed by atoms with E-state index in [0.29, 0.717) is 0 Å². The van der Waals surface area contributed by atoms with E-state index in [-0.39, 0.29) is 12.3 Å². The van der Waals surface area contributed by atoms with E-state index in [1.165, 1.54) is 0 Å². The van der Waals surface area contributed by atoms with E-state index < -0.39 is 0 Å². The van der Waals surface area contributed by atoms with Gasteiger partial charge in [0, 0.05) is 19.3 Å². The van der Waals surface area contributed by atoms with Crippen LogP contribution in [0.4, 0.5) is 0 Å². The van der Waals surface area contributed by atoms with Crippen molar-refractivity contribution in [1.82, 2.24) is 0 Å². The number of oxime groups is 1. The standard InChI is InChI=1S/C9H10N2O2.C3H8O/c1-7-3-2-4-8(5-7)9(10)11-13-6-12;1-3-4-2/h2-6H,1H3,(H2,10,11);3H2,1-2H3. The summed E-state index contributed by atoms with van der Waals surface area (Å²) in [6, 6.07) is 7.44. The van der Waals surface area contributed by atoms with Crippen molar-refractivity contribution < 1.29 is 14.4 Å². The Kier molecular flexibility index (Phi) is 8.32. The average Bonchev–Trinajstić information content (AvgIpc) is 2.36. The topological polar surface area (TPSA) is 73.9 Å². The van der Waals surface area contributed by atoms with Gasteiger partial charge in [0.1, 0.15) is 0 Å². The molecule has 0 aliphatic carbocycles. The molecule has 0 saturated heterocycles. The first kappa shape index (κ1) is 15.1. The van der Waals surface area contributed by atoms with Crippen molar-refractivity contribution in [3.05, 3.63) is 35.4 Å². The number of nitrogens with zero attached hydrogens (tertiary/aromatic N) is 1. The fourth-order valence-corrected chi connectivity index (χ4v) is 0.935. The molecule has 0 spiro atoms. The highest BCUT2D eigenvalue weighted by Crippen LogP contribution is 2.03. The van der Waals surface area contributed by atoms with E-state index in [1.807, 2.05) is 32.0 Å². The van der Waals surface area contributed by atoms with Gasteiger partial charge < -0.3 is 15.3 Å². The summed E-state index contributed by atoms with van der Waals surface area (Å²) in [7, 11) is 1.68. The van der Waals surface area contributed by atoms with Gasteiger partial charge in [-0.25, -0.2) is 0 Å². The van der Waals surface area contributed by atoms with Gasteiger partial charge in [-0.3, -0.25) is 4.79 Å². The molecule has 94 valence electrons. The van der Waals surface area contributed by atoms with E-state index in [1.54, 1.807) is 13.2 Å². The zero-order chi connectivity index (χ0) is 13.1. The fraction of sp³-hybridized carbons (Fsp3) is 0.333. The monoisotopic (exact) mass is 238 g/mol. The van der Waals surface area contributed by atoms with Crippen molar-refractivity contribution in [3.8, 4) is 0 Å². The Morgan fingerprint density at radius 2 is 2.18 bits per heavy atom. The number of aryl methyl sites for hydroxylation is 1. The number of ether oxygens (including phenoxy) is 1. The van der Waals surface area contributed by atoms with Crippen molar-refractivity contribution >= 4 is 12.3 Å². The van der Waals surface area contributed by atoms with Crippen molar-refractivity contribution in [1.29, 1.82) is 0 Å². The van der Waals surface area contributed by atoms with E-state index in [4.69, 9.17) is 5.73 Å². The van der Waals surface area contributed by atoms with Gasteiger partial charge in [0.15, 0.2) is 5.84 Å². The number of methoxy groups -OCH3 is 1. The van der Waals surface area contributed by atoms with Crippen LogP contribution in [0.15, 0.2) is 29.4 Å². The Morgan fingerprint density at radius 1 is 1.53 bits per heavy atom. The molecule has 0 heterocycles. The summed E-state index contributed by atoms with van der Waals surface area (Å²) in [4.78, 5) is 14.0. The molecule has 5 nitrogen and oxygen atoms in total. The maximum atomic E-state index is 9.82. The lowest BCUT2D eigenvalue weighted by Crippen LogP contribution is -2.13. The van der Waals surface area contributed by atoms with Crippen LogP contribution in [-0.2, 0) is 14.4 Å². The quantitative estimate of drug-likeness (QED) is 0.283. The third-order valence-corrected chi connectivity index (χ3v) is 1.80. The highest BCUT2D eigenvalue weighted by molar-refractivity contribution is 5.97. The lowest BCUT2D eigenvalue weighted by Gasteiger charge is -1.99. The molecular formula is C12H18N2O3. The number of benzene rings is 1. The van der Waals surface area contributed by atoms with Gasteiger partial charge in [-0.1, -0.05) is 28.9 Å². The highest BCUT2D eigenvalue weighted by atomic mass is 16.7. The maximum Gasteiger partial charge on any atom is 0.323 e. The SMILES string of the molecule is CCOC.Cc1cccc(/C(N)=N/OC=O)c1. The summed E-state index contributed by atoms with van der Waals surface area (Å²) in [6.07, 6.45) is 0. The second kappa shape index (κ2) is 9.35. The molecule has 5 heteroatoms. The van der Waals surface area contributed by atoms with E-state index in [9.17, 15) is 4.79 Å². The molecule has 0 atom stereocenters. The molecule has 0 bridgehead atoms. The summed E-state index contributed by atoms with van der Waals surface area (Å²) in [5.74, 6) is 0.191. The summed E-state index contributed by atoms with van der Waals surface area (Å²) in [6.45, 7) is 4.94. The van der Waals surface area contributed by atoms with Crippen LogP contribution in [0.2, 0.25) is 0 Å². The molecule has 0 aromatic heterocycles. The minimum absolute atomic E-state index is 0.191. The number of amidine groups is 1. The number of hydrogen-bond acceptors (Lipinski definition) is 4. The van der Waals surface area contributed by atoms with Crippen LogP contribution in [0.1, 0.15) is 18.1 Å². The lowest BCUT2D eigenvalue weighted by molar-refractivity contribution is -0.128. The zero-order valence-electron chi connectivity index (χ0n) is 10.3. The van der Waals surface area contributed by atoms with Gasteiger partial charge in [-0.05, 0) is 19.9 Å². The number of rotatable bonds is 4. The van der Waals surface area contributed by atoms with Gasteiger partial charge in [0.2, 0.25) is 0 Å². The molecule has 1 aromatic carbocycles. The Bertz CT molecular complexity index is 363. The average molecular weight is 238 g/mol. The fourth-order valence-electron chi connectivity index (χ4n) is 0.935. The van der Waals surface area contributed by atoms with Gasteiger partial charge in [0.05, 0.1) is 0 Å². The molecule has 1 rings (SSSR count). The van der Waals surface area contributed by atoms with Crippen LogP contribution in [0.25, 0.3) is 0 Å². The zero-order valence-corrected chi connectivity index (χ0v) is 10.3. The first-order valence-corrected chi connectivity index (χ1v) is 5.14. The van der Waals surface area contributed by atoms with Crippen LogP contribution in [0.5, 0.6) is 0 Å². The second-order valence-electron chi connectivity index (χ2n) is 3.12. The predicted octanol–water partition coefficient (Wildman–Crippen LogP) is 1.44. The molecule has 0 fully saturated rings. The number of carbonyl (C=O) groups is 1. The van der Waals surface area contributed by atoms with E-state index >= 15 is 0 Å². The Morgan fingerprint density at radius 3 is 2.65 bits per heavy atom. The van der Waals surface area contributed by atoms with Crippen LogP contribution in [0.3, 0.4) is 0 Å². The molecule has 0 aliphatic rings. The minimum atomic E-state index is 0.191. The van der Waals surface area contributed by atoms with Crippen molar-refractivity contribution in [2.75, 3.05) is 13.7 Å². The highest BCUT2D eigenvalue weighted by Gasteiger charge is 1.97. The van der Waals surface area contributed by atoms with Crippen molar-refractivity contribution in [2.45, 2.75) is 13.8 Å². The first-order valence-electron chi connectivity index (χ1n) is 5.14. The Balaban J connectivity index is 0.000000557. The summed E-state index contributed by atoms with van der Waals surface area (Å²) < 4.78 is 4.54. The molecule has 0 saturated carbocycles. The Labute approximate surface area is 101 Å². The lowest BCUT2D eigenvalue weighted by atomic mass is 10.1. The van der Waals surface area contributed by atoms with Gasteiger partial charge in [-0.2, -0.15) is 0 Å². The number of carbonyl (C=O) groups excluding carboxylic acids is 1. The van der Waals surface area contributed by atoms with E-state index in [0.717, 1.165) is 17.7 Å². The van der Waals surface area contributed by atoms with Crippen molar-refractivity contribution in [2.24, 2.45) is 10.9 Å². The van der Waals surface area contributed by atoms with Crippen LogP contribution in [-0.4, -0.2) is 26.0 Å². The van der Waals surface area contributed by atoms with Gasteiger partial charge in [0.25, 0.3) is 0 Å². The van der Waals surface area contributed by atoms with Crippen LogP contribution < -0.4 is 5.73 Å². The largest absolute Gasteiger partial charge is 0.385 e. The smallest absolute Gasteiger partial charge is 0.323 e. The third kappa shape index (κ3) is 7.08. The minimum Gasteiger partial charge on any atom is -0.385 e. The first-order chi connectivity index (χ1) is 8.15. The molecule has 1 aromatic rings. The van der Waals surface area contributed by atoms with Gasteiger partial charge >= 0.3 is 6.47 Å². The summed E-state index contributed by atoms with van der Waals surface area (Å²) in [5, 5.41) is 3.38. The van der Waals surface area contributed by atoms with E-state index in [2.05, 4.69) is 14.7 Å². The molecular weight excluding hydrogens is 220 g/mol. The molecule has 17 heavy (non-hydrogen) atoms.